The van der Waals surface area contributed by atoms with E-state index < -0.39 is 19.4 Å². The largest absolute Gasteiger partial charge is 0.389 e. The average molecular weight is 275 g/mol. The number of hydrogen-bond acceptors (Lipinski definition) is 5. The first kappa shape index (κ1) is 14.6. The summed E-state index contributed by atoms with van der Waals surface area (Å²) in [5, 5.41) is 9.43. The summed E-state index contributed by atoms with van der Waals surface area (Å²) in [5.74, 6) is 0.736. The van der Waals surface area contributed by atoms with Crippen molar-refractivity contribution in [1.82, 2.24) is 9.55 Å². The zero-order valence-corrected chi connectivity index (χ0v) is 10.3. The number of hydrogen-bond donors (Lipinski definition) is 4. The zero-order chi connectivity index (χ0) is 13.8. The molecule has 0 aliphatic heterocycles. The van der Waals surface area contributed by atoms with Crippen molar-refractivity contribution in [2.45, 2.75) is 19.1 Å². The van der Waals surface area contributed by atoms with Crippen LogP contribution in [0.3, 0.4) is 0 Å². The fourth-order valence-corrected chi connectivity index (χ4v) is 1.61. The summed E-state index contributed by atoms with van der Waals surface area (Å²) in [7, 11) is -4.27. The van der Waals surface area contributed by atoms with Crippen LogP contribution in [0, 0.1) is 0 Å². The molecule has 0 aliphatic carbocycles. The van der Waals surface area contributed by atoms with Crippen LogP contribution in [0.4, 0.5) is 5.82 Å². The van der Waals surface area contributed by atoms with Crippen molar-refractivity contribution in [2.24, 2.45) is 0 Å². The van der Waals surface area contributed by atoms with Crippen LogP contribution >= 0.6 is 7.60 Å². The highest BCUT2D eigenvalue weighted by atomic mass is 31.2. The second-order valence-corrected chi connectivity index (χ2v) is 5.09. The predicted octanol–water partition coefficient (Wildman–Crippen LogP) is -0.732. The molecule has 0 bridgehead atoms. The topological polar surface area (TPSA) is 139 Å². The van der Waals surface area contributed by atoms with E-state index in [4.69, 9.17) is 15.5 Å². The molecule has 18 heavy (non-hydrogen) atoms. The van der Waals surface area contributed by atoms with Crippen LogP contribution < -0.4 is 11.4 Å². The van der Waals surface area contributed by atoms with Crippen molar-refractivity contribution in [1.29, 1.82) is 0 Å². The van der Waals surface area contributed by atoms with Crippen LogP contribution in [0.15, 0.2) is 29.0 Å². The predicted molar refractivity (Wildman–Crippen MR) is 64.7 cm³/mol. The van der Waals surface area contributed by atoms with E-state index in [0.29, 0.717) is 5.82 Å². The van der Waals surface area contributed by atoms with E-state index in [2.05, 4.69) is 4.98 Å². The second kappa shape index (κ2) is 5.92. The van der Waals surface area contributed by atoms with Crippen molar-refractivity contribution in [3.63, 3.8) is 0 Å². The van der Waals surface area contributed by atoms with Gasteiger partial charge in [0.05, 0.1) is 6.10 Å². The maximum Gasteiger partial charge on any atom is 0.349 e. The summed E-state index contributed by atoms with van der Waals surface area (Å²) in [6, 6.07) is 1.44. The van der Waals surface area contributed by atoms with Gasteiger partial charge >= 0.3 is 13.3 Å². The fourth-order valence-electron chi connectivity index (χ4n) is 1.19. The van der Waals surface area contributed by atoms with Gasteiger partial charge in [0.25, 0.3) is 0 Å². The highest BCUT2D eigenvalue weighted by Gasteiger charge is 2.08. The molecule has 0 radical (unpaired) electrons. The van der Waals surface area contributed by atoms with E-state index in [1.54, 1.807) is 0 Å². The smallest absolute Gasteiger partial charge is 0.349 e. The Bertz CT molecular complexity index is 535. The Morgan fingerprint density at radius 2 is 2.22 bits per heavy atom. The first-order valence-corrected chi connectivity index (χ1v) is 6.72. The first-order chi connectivity index (χ1) is 8.28. The molecular weight excluding hydrogens is 261 g/mol. The van der Waals surface area contributed by atoms with Crippen molar-refractivity contribution in [2.75, 3.05) is 5.73 Å². The number of nitrogens with zero attached hydrogens (tertiary/aromatic N) is 2. The molecule has 0 spiro atoms. The standard InChI is InChI=1S/C9H14N3O5P/c10-8-2-5-12(9(14)11-8)4-1-7(13)3-6-18(15,16)17/h2-3,5-7,13H,1,4H2,(H2,10,11,14)(H2,15,16,17)/t7-/m1/s1. The summed E-state index contributed by atoms with van der Waals surface area (Å²) in [6.07, 6.45) is 1.50. The molecule has 0 fully saturated rings. The molecule has 8 nitrogen and oxygen atoms in total. The molecule has 1 rings (SSSR count). The summed E-state index contributed by atoms with van der Waals surface area (Å²) in [6.45, 7) is 0.165. The summed E-state index contributed by atoms with van der Waals surface area (Å²) >= 11 is 0. The van der Waals surface area contributed by atoms with Gasteiger partial charge in [-0.15, -0.1) is 0 Å². The molecule has 1 aromatic rings. The summed E-state index contributed by atoms with van der Waals surface area (Å²) in [4.78, 5) is 31.9. The monoisotopic (exact) mass is 275 g/mol. The van der Waals surface area contributed by atoms with Gasteiger partial charge in [0.15, 0.2) is 0 Å². The third kappa shape index (κ3) is 5.24. The molecule has 0 aliphatic rings. The van der Waals surface area contributed by atoms with Gasteiger partial charge in [-0.1, -0.05) is 0 Å². The Labute approximate surface area is 103 Å². The number of aliphatic hydroxyl groups excluding tert-OH is 1. The van der Waals surface area contributed by atoms with Crippen LogP contribution in [0.5, 0.6) is 0 Å². The number of aromatic nitrogens is 2. The highest BCUT2D eigenvalue weighted by Crippen LogP contribution is 2.36. The van der Waals surface area contributed by atoms with Crippen molar-refractivity contribution < 1.29 is 19.5 Å². The molecular formula is C9H14N3O5P. The minimum atomic E-state index is -4.27. The van der Waals surface area contributed by atoms with Gasteiger partial charge < -0.3 is 20.6 Å². The summed E-state index contributed by atoms with van der Waals surface area (Å²) < 4.78 is 11.8. The highest BCUT2D eigenvalue weighted by molar-refractivity contribution is 7.55. The third-order valence-electron chi connectivity index (χ3n) is 2.06. The van der Waals surface area contributed by atoms with E-state index in [1.165, 1.54) is 16.8 Å². The number of rotatable bonds is 5. The maximum atomic E-state index is 11.3. The zero-order valence-electron chi connectivity index (χ0n) is 9.38. The molecule has 0 saturated carbocycles. The Hall–Kier alpha value is -1.47. The number of anilines is 1. The lowest BCUT2D eigenvalue weighted by Gasteiger charge is -2.07. The Kier molecular flexibility index (Phi) is 4.80. The van der Waals surface area contributed by atoms with Crippen LogP contribution in [0.25, 0.3) is 0 Å². The molecule has 1 heterocycles. The first-order valence-electron chi connectivity index (χ1n) is 5.03. The molecule has 0 aromatic carbocycles. The molecule has 5 N–H and O–H groups in total. The molecule has 0 saturated heterocycles. The quantitative estimate of drug-likeness (QED) is 0.519. The summed E-state index contributed by atoms with van der Waals surface area (Å²) in [5.41, 5.74) is 4.77. The van der Waals surface area contributed by atoms with Crippen molar-refractivity contribution in [3.8, 4) is 0 Å². The molecule has 1 atom stereocenters. The van der Waals surface area contributed by atoms with Crippen LogP contribution in [-0.2, 0) is 11.1 Å². The minimum Gasteiger partial charge on any atom is -0.389 e. The van der Waals surface area contributed by atoms with Gasteiger partial charge in [-0.2, -0.15) is 4.98 Å². The van der Waals surface area contributed by atoms with Crippen molar-refractivity contribution in [3.05, 3.63) is 34.6 Å². The van der Waals surface area contributed by atoms with E-state index in [9.17, 15) is 14.5 Å². The molecule has 1 aromatic heterocycles. The maximum absolute atomic E-state index is 11.3. The van der Waals surface area contributed by atoms with Gasteiger partial charge in [0, 0.05) is 18.6 Å². The number of nitrogen functional groups attached to an aromatic ring is 1. The average Bonchev–Trinajstić information content (AvgIpc) is 2.24. The van der Waals surface area contributed by atoms with E-state index in [-0.39, 0.29) is 18.8 Å². The fraction of sp³-hybridized carbons (Fsp3) is 0.333. The van der Waals surface area contributed by atoms with Crippen molar-refractivity contribution >= 4 is 13.4 Å². The Morgan fingerprint density at radius 3 is 2.78 bits per heavy atom. The van der Waals surface area contributed by atoms with Crippen LogP contribution in [-0.4, -0.2) is 30.5 Å². The Morgan fingerprint density at radius 1 is 1.56 bits per heavy atom. The van der Waals surface area contributed by atoms with E-state index in [1.807, 2.05) is 0 Å². The molecule has 0 unspecified atom stereocenters. The van der Waals surface area contributed by atoms with Gasteiger partial charge in [-0.05, 0) is 18.6 Å². The second-order valence-electron chi connectivity index (χ2n) is 3.62. The SMILES string of the molecule is Nc1ccn(CC[C@@H](O)C=CP(=O)(O)O)c(=O)n1. The number of aliphatic hydroxyl groups is 1. The van der Waals surface area contributed by atoms with Crippen LogP contribution in [0.1, 0.15) is 6.42 Å². The van der Waals surface area contributed by atoms with Gasteiger partial charge in [0.2, 0.25) is 0 Å². The number of nitrogens with two attached hydrogens (primary N) is 1. The molecule has 9 heteroatoms. The van der Waals surface area contributed by atoms with Gasteiger partial charge in [-0.3, -0.25) is 9.13 Å². The third-order valence-corrected chi connectivity index (χ3v) is 2.62. The lowest BCUT2D eigenvalue weighted by Crippen LogP contribution is -2.24. The minimum absolute atomic E-state index is 0.109. The van der Waals surface area contributed by atoms with E-state index >= 15 is 0 Å². The normalized spacial score (nSPS) is 13.9. The van der Waals surface area contributed by atoms with E-state index in [0.717, 1.165) is 6.08 Å². The van der Waals surface area contributed by atoms with Gasteiger partial charge in [0.1, 0.15) is 5.82 Å². The van der Waals surface area contributed by atoms with Crippen LogP contribution in [0.2, 0.25) is 0 Å². The lowest BCUT2D eigenvalue weighted by molar-refractivity contribution is 0.204. The lowest BCUT2D eigenvalue weighted by atomic mass is 10.2. The van der Waals surface area contributed by atoms with Gasteiger partial charge in [-0.25, -0.2) is 4.79 Å². The number of aryl methyl sites for hydroxylation is 1. The Balaban J connectivity index is 2.58. The molecule has 0 amide bonds. The molecule has 100 valence electrons.